The molecule has 0 radical (unpaired) electrons. The van der Waals surface area contributed by atoms with E-state index in [-0.39, 0.29) is 32.2 Å². The van der Waals surface area contributed by atoms with E-state index < -0.39 is 63.3 Å². The second-order valence-electron chi connectivity index (χ2n) is 9.08. The van der Waals surface area contributed by atoms with Gasteiger partial charge in [0.2, 0.25) is 5.91 Å². The second-order valence-corrected chi connectivity index (χ2v) is 10.1. The minimum absolute atomic E-state index is 0.0480. The summed E-state index contributed by atoms with van der Waals surface area (Å²) < 4.78 is 35.1. The Morgan fingerprint density at radius 2 is 1.79 bits per heavy atom. The smallest absolute Gasteiger partial charge is 0.418 e. The summed E-state index contributed by atoms with van der Waals surface area (Å²) in [5.41, 5.74) is 1.57. The van der Waals surface area contributed by atoms with Crippen LogP contribution in [-0.4, -0.2) is 87.0 Å². The molecule has 2 bridgehead atoms. The van der Waals surface area contributed by atoms with E-state index in [1.807, 2.05) is 0 Å². The third kappa shape index (κ3) is 4.20. The highest BCUT2D eigenvalue weighted by atomic mass is 32.3. The standard InChI is InChI=1S/C17H25N5O10S/c1-16(2,3)17(7-6-11(23)21(17)15(27)28)13(25)19-18-12(24)10-5-4-9-8-20(10)14(26)22(9)32-33(29,30)31/h9-10H,4-8H2,1-3H3,(H,18,24)(H,19,25)(H,27,28)(H,29,30,31)/t9-,10+,17-/m1/s1. The minimum atomic E-state index is -4.94. The zero-order valence-electron chi connectivity index (χ0n) is 18.1. The second kappa shape index (κ2) is 8.11. The van der Waals surface area contributed by atoms with E-state index in [2.05, 4.69) is 15.1 Å². The van der Waals surface area contributed by atoms with Gasteiger partial charge in [-0.3, -0.25) is 29.8 Å². The highest BCUT2D eigenvalue weighted by Gasteiger charge is 2.61. The molecular weight excluding hydrogens is 466 g/mol. The number of rotatable bonds is 4. The summed E-state index contributed by atoms with van der Waals surface area (Å²) in [5, 5.41) is 10.0. The maximum atomic E-state index is 13.1. The molecule has 4 N–H and O–H groups in total. The summed E-state index contributed by atoms with van der Waals surface area (Å²) in [4.78, 5) is 63.7. The Hall–Kier alpha value is -2.98. The number of hydrogen-bond acceptors (Lipinski definition) is 8. The third-order valence-electron chi connectivity index (χ3n) is 6.24. The lowest BCUT2D eigenvalue weighted by atomic mass is 9.71. The first kappa shape index (κ1) is 24.7. The zero-order valence-corrected chi connectivity index (χ0v) is 18.9. The fourth-order valence-corrected chi connectivity index (χ4v) is 5.06. The number of fused-ring (bicyclic) bond motifs is 2. The summed E-state index contributed by atoms with van der Waals surface area (Å²) in [7, 11) is -4.94. The molecule has 0 unspecified atom stereocenters. The van der Waals surface area contributed by atoms with Gasteiger partial charge in [0.1, 0.15) is 11.6 Å². The summed E-state index contributed by atoms with van der Waals surface area (Å²) in [6.07, 6.45) is -1.55. The van der Waals surface area contributed by atoms with Gasteiger partial charge in [-0.05, 0) is 24.7 Å². The van der Waals surface area contributed by atoms with Crippen LogP contribution >= 0.6 is 0 Å². The summed E-state index contributed by atoms with van der Waals surface area (Å²) in [5.74, 6) is -2.45. The van der Waals surface area contributed by atoms with Crippen molar-refractivity contribution >= 4 is 40.2 Å². The molecule has 0 aromatic heterocycles. The molecule has 0 aromatic rings. The van der Waals surface area contributed by atoms with E-state index in [4.69, 9.17) is 4.55 Å². The van der Waals surface area contributed by atoms with E-state index in [1.54, 1.807) is 20.8 Å². The van der Waals surface area contributed by atoms with Crippen LogP contribution < -0.4 is 10.9 Å². The van der Waals surface area contributed by atoms with Crippen molar-refractivity contribution in [1.82, 2.24) is 25.7 Å². The first-order valence-electron chi connectivity index (χ1n) is 10.0. The van der Waals surface area contributed by atoms with Gasteiger partial charge in [-0.15, -0.1) is 4.28 Å². The number of nitrogens with one attached hydrogen (secondary N) is 2. The molecule has 3 heterocycles. The number of carboxylic acid groups (broad SMARTS) is 1. The fourth-order valence-electron chi connectivity index (χ4n) is 4.67. The molecule has 0 saturated carbocycles. The first-order chi connectivity index (χ1) is 15.1. The van der Waals surface area contributed by atoms with Gasteiger partial charge in [0.25, 0.3) is 11.8 Å². The van der Waals surface area contributed by atoms with Crippen molar-refractivity contribution in [2.45, 2.75) is 64.1 Å². The van der Waals surface area contributed by atoms with E-state index in [0.717, 1.165) is 4.90 Å². The number of hydrazine groups is 1. The SMILES string of the molecule is CC(C)(C)[C@]1(C(=O)NNC(=O)[C@@H]2CC[C@@H]3CN2C(=O)N3OS(=O)(=O)O)CCC(=O)N1C(=O)O. The number of hydrogen-bond donors (Lipinski definition) is 4. The molecule has 3 atom stereocenters. The number of carbonyl (C=O) groups excluding carboxylic acids is 4. The van der Waals surface area contributed by atoms with Crippen molar-refractivity contribution in [3.8, 4) is 0 Å². The molecular formula is C17H25N5O10S. The molecule has 15 nitrogen and oxygen atoms in total. The monoisotopic (exact) mass is 491 g/mol. The van der Waals surface area contributed by atoms with Crippen LogP contribution in [0, 0.1) is 5.41 Å². The Balaban J connectivity index is 1.73. The Kier molecular flexibility index (Phi) is 6.06. The van der Waals surface area contributed by atoms with Crippen molar-refractivity contribution < 1.29 is 46.3 Å². The lowest BCUT2D eigenvalue weighted by Crippen LogP contribution is -2.67. The van der Waals surface area contributed by atoms with Gasteiger partial charge in [0.05, 0.1) is 6.04 Å². The number of likely N-dealkylation sites (tertiary alicyclic amines) is 1. The molecule has 0 aliphatic carbocycles. The van der Waals surface area contributed by atoms with Crippen LogP contribution in [0.25, 0.3) is 0 Å². The van der Waals surface area contributed by atoms with Crippen molar-refractivity contribution in [2.75, 3.05) is 6.54 Å². The van der Waals surface area contributed by atoms with Crippen molar-refractivity contribution in [3.05, 3.63) is 0 Å². The summed E-state index contributed by atoms with van der Waals surface area (Å²) in [6, 6.07) is -2.74. The van der Waals surface area contributed by atoms with Gasteiger partial charge >= 0.3 is 22.5 Å². The minimum Gasteiger partial charge on any atom is -0.465 e. The molecule has 6 amide bonds. The molecule has 184 valence electrons. The van der Waals surface area contributed by atoms with Crippen molar-refractivity contribution in [2.24, 2.45) is 5.41 Å². The van der Waals surface area contributed by atoms with Crippen molar-refractivity contribution in [3.63, 3.8) is 0 Å². The van der Waals surface area contributed by atoms with Crippen LogP contribution in [0.5, 0.6) is 0 Å². The average Bonchev–Trinajstić information content (AvgIpc) is 3.16. The molecule has 0 aromatic carbocycles. The van der Waals surface area contributed by atoms with E-state index in [1.165, 1.54) is 0 Å². The predicted molar refractivity (Wildman–Crippen MR) is 106 cm³/mol. The maximum absolute atomic E-state index is 13.1. The van der Waals surface area contributed by atoms with Crippen LogP contribution in [0.1, 0.15) is 46.5 Å². The average molecular weight is 491 g/mol. The Bertz CT molecular complexity index is 1010. The third-order valence-corrected chi connectivity index (χ3v) is 6.59. The van der Waals surface area contributed by atoms with Crippen LogP contribution in [0.4, 0.5) is 9.59 Å². The summed E-state index contributed by atoms with van der Waals surface area (Å²) in [6.45, 7) is 4.73. The van der Waals surface area contributed by atoms with Gasteiger partial charge in [0, 0.05) is 13.0 Å². The number of hydroxylamine groups is 2. The largest absolute Gasteiger partial charge is 0.465 e. The molecule has 16 heteroatoms. The number of piperidine rings is 1. The molecule has 3 rings (SSSR count). The maximum Gasteiger partial charge on any atom is 0.418 e. The van der Waals surface area contributed by atoms with Crippen LogP contribution in [0.15, 0.2) is 0 Å². The van der Waals surface area contributed by atoms with Crippen LogP contribution in [-0.2, 0) is 29.1 Å². The Morgan fingerprint density at radius 1 is 1.15 bits per heavy atom. The topological polar surface area (TPSA) is 203 Å². The van der Waals surface area contributed by atoms with E-state index >= 15 is 0 Å². The lowest BCUT2D eigenvalue weighted by Gasteiger charge is -2.44. The fraction of sp³-hybridized carbons (Fsp3) is 0.706. The van der Waals surface area contributed by atoms with Crippen LogP contribution in [0.2, 0.25) is 0 Å². The van der Waals surface area contributed by atoms with Gasteiger partial charge in [-0.25, -0.2) is 14.5 Å². The number of amides is 6. The normalized spacial score (nSPS) is 27.7. The van der Waals surface area contributed by atoms with Crippen molar-refractivity contribution in [1.29, 1.82) is 0 Å². The Labute approximate surface area is 188 Å². The van der Waals surface area contributed by atoms with Gasteiger partial charge in [-0.2, -0.15) is 13.5 Å². The quantitative estimate of drug-likeness (QED) is 0.285. The molecule has 0 spiro atoms. The molecule has 3 aliphatic heterocycles. The molecule has 3 fully saturated rings. The number of nitrogens with zero attached hydrogens (tertiary/aromatic N) is 3. The number of urea groups is 1. The van der Waals surface area contributed by atoms with Gasteiger partial charge in [0.15, 0.2) is 0 Å². The highest BCUT2D eigenvalue weighted by molar-refractivity contribution is 7.80. The van der Waals surface area contributed by atoms with Crippen LogP contribution in [0.3, 0.4) is 0 Å². The lowest BCUT2D eigenvalue weighted by molar-refractivity contribution is -0.147. The summed E-state index contributed by atoms with van der Waals surface area (Å²) >= 11 is 0. The Morgan fingerprint density at radius 3 is 2.33 bits per heavy atom. The van der Waals surface area contributed by atoms with Gasteiger partial charge < -0.3 is 10.0 Å². The molecule has 3 saturated heterocycles. The highest BCUT2D eigenvalue weighted by Crippen LogP contribution is 2.44. The van der Waals surface area contributed by atoms with Gasteiger partial charge in [-0.1, -0.05) is 20.8 Å². The van der Waals surface area contributed by atoms with E-state index in [9.17, 15) is 37.5 Å². The molecule has 3 aliphatic rings. The first-order valence-corrected chi connectivity index (χ1v) is 11.4. The van der Waals surface area contributed by atoms with E-state index in [0.29, 0.717) is 9.96 Å². The molecule has 33 heavy (non-hydrogen) atoms. The number of imide groups is 1. The zero-order chi connectivity index (χ0) is 24.9. The predicted octanol–water partition coefficient (Wildman–Crippen LogP) is -0.778. The number of carbonyl (C=O) groups is 5.